The number of pyridine rings is 1. The summed E-state index contributed by atoms with van der Waals surface area (Å²) in [5.74, 6) is 0. The van der Waals surface area contributed by atoms with E-state index in [2.05, 4.69) is 18.8 Å². The largest absolute Gasteiger partial charge is 0.392 e. The van der Waals surface area contributed by atoms with Crippen LogP contribution in [0.3, 0.4) is 0 Å². The molecular formula is C16H16N2O2S. The molecule has 0 unspecified atom stereocenters. The minimum atomic E-state index is -0.100. The number of aliphatic hydroxyl groups excluding tert-OH is 1. The SMILES string of the molecule is CC(C)Sc1ccc2nc3ccc(CO)cn3c(=O)c2c1. The van der Waals surface area contributed by atoms with Gasteiger partial charge in [-0.15, -0.1) is 11.8 Å². The molecule has 0 aliphatic heterocycles. The summed E-state index contributed by atoms with van der Waals surface area (Å²) in [5.41, 5.74) is 1.88. The Morgan fingerprint density at radius 3 is 2.81 bits per heavy atom. The van der Waals surface area contributed by atoms with Crippen LogP contribution in [0.2, 0.25) is 0 Å². The lowest BCUT2D eigenvalue weighted by atomic mass is 10.2. The highest BCUT2D eigenvalue weighted by Gasteiger charge is 2.08. The van der Waals surface area contributed by atoms with Crippen molar-refractivity contribution in [3.8, 4) is 0 Å². The molecular weight excluding hydrogens is 284 g/mol. The third-order valence-corrected chi connectivity index (χ3v) is 4.19. The van der Waals surface area contributed by atoms with Gasteiger partial charge >= 0.3 is 0 Å². The van der Waals surface area contributed by atoms with Crippen molar-refractivity contribution >= 4 is 28.3 Å². The molecule has 0 saturated carbocycles. The second kappa shape index (κ2) is 5.50. The summed E-state index contributed by atoms with van der Waals surface area (Å²) in [7, 11) is 0. The van der Waals surface area contributed by atoms with Crippen LogP contribution in [0, 0.1) is 0 Å². The predicted octanol–water partition coefficient (Wildman–Crippen LogP) is 2.84. The normalized spacial score (nSPS) is 11.6. The van der Waals surface area contributed by atoms with Gasteiger partial charge in [-0.1, -0.05) is 19.9 Å². The number of aromatic nitrogens is 2. The number of benzene rings is 1. The zero-order chi connectivity index (χ0) is 15.0. The van der Waals surface area contributed by atoms with Crippen molar-refractivity contribution < 1.29 is 5.11 Å². The molecule has 3 rings (SSSR count). The first kappa shape index (κ1) is 14.1. The Kier molecular flexibility index (Phi) is 3.69. The monoisotopic (exact) mass is 300 g/mol. The lowest BCUT2D eigenvalue weighted by Gasteiger charge is -2.08. The number of aliphatic hydroxyl groups is 1. The molecule has 1 aromatic carbocycles. The van der Waals surface area contributed by atoms with Crippen LogP contribution in [0.1, 0.15) is 19.4 Å². The molecule has 21 heavy (non-hydrogen) atoms. The summed E-state index contributed by atoms with van der Waals surface area (Å²) in [6, 6.07) is 9.31. The van der Waals surface area contributed by atoms with Crippen molar-refractivity contribution in [1.82, 2.24) is 9.38 Å². The van der Waals surface area contributed by atoms with Crippen molar-refractivity contribution in [2.75, 3.05) is 0 Å². The molecule has 2 aromatic heterocycles. The Bertz CT molecular complexity index is 871. The molecule has 0 spiro atoms. The molecule has 0 aliphatic rings. The Morgan fingerprint density at radius 1 is 1.29 bits per heavy atom. The van der Waals surface area contributed by atoms with E-state index in [1.54, 1.807) is 30.1 Å². The molecule has 0 radical (unpaired) electrons. The molecule has 0 atom stereocenters. The Labute approximate surface area is 126 Å². The zero-order valence-corrected chi connectivity index (χ0v) is 12.7. The average molecular weight is 300 g/mol. The van der Waals surface area contributed by atoms with Crippen molar-refractivity contribution in [3.63, 3.8) is 0 Å². The topological polar surface area (TPSA) is 54.6 Å². The molecule has 0 aliphatic carbocycles. The summed E-state index contributed by atoms with van der Waals surface area (Å²) in [6.45, 7) is 4.14. The molecule has 0 bridgehead atoms. The minimum absolute atomic E-state index is 0.0936. The van der Waals surface area contributed by atoms with Crippen LogP contribution in [0.5, 0.6) is 0 Å². The van der Waals surface area contributed by atoms with Crippen LogP contribution in [-0.2, 0) is 6.61 Å². The van der Waals surface area contributed by atoms with Crippen LogP contribution < -0.4 is 5.56 Å². The molecule has 0 amide bonds. The molecule has 3 aromatic rings. The van der Waals surface area contributed by atoms with E-state index >= 15 is 0 Å². The van der Waals surface area contributed by atoms with Gasteiger partial charge in [0, 0.05) is 16.3 Å². The summed E-state index contributed by atoms with van der Waals surface area (Å²) < 4.78 is 1.50. The highest BCUT2D eigenvalue weighted by molar-refractivity contribution is 7.99. The van der Waals surface area contributed by atoms with Gasteiger partial charge < -0.3 is 5.11 Å². The minimum Gasteiger partial charge on any atom is -0.392 e. The van der Waals surface area contributed by atoms with Gasteiger partial charge in [-0.2, -0.15) is 0 Å². The van der Waals surface area contributed by atoms with Crippen LogP contribution in [0.15, 0.2) is 46.2 Å². The predicted molar refractivity (Wildman–Crippen MR) is 85.9 cm³/mol. The van der Waals surface area contributed by atoms with Crippen molar-refractivity contribution in [2.24, 2.45) is 0 Å². The van der Waals surface area contributed by atoms with Gasteiger partial charge in [-0.3, -0.25) is 9.20 Å². The van der Waals surface area contributed by atoms with Gasteiger partial charge in [-0.25, -0.2) is 4.98 Å². The van der Waals surface area contributed by atoms with E-state index in [0.717, 1.165) is 4.90 Å². The van der Waals surface area contributed by atoms with E-state index in [9.17, 15) is 9.90 Å². The maximum Gasteiger partial charge on any atom is 0.265 e. The third kappa shape index (κ3) is 2.66. The van der Waals surface area contributed by atoms with Crippen molar-refractivity contribution in [3.05, 3.63) is 52.4 Å². The van der Waals surface area contributed by atoms with Crippen LogP contribution in [-0.4, -0.2) is 19.7 Å². The highest BCUT2D eigenvalue weighted by Crippen LogP contribution is 2.25. The van der Waals surface area contributed by atoms with E-state index in [4.69, 9.17) is 0 Å². The Morgan fingerprint density at radius 2 is 2.10 bits per heavy atom. The molecule has 2 heterocycles. The third-order valence-electron chi connectivity index (χ3n) is 3.19. The van der Waals surface area contributed by atoms with Gasteiger partial charge in [-0.05, 0) is 29.8 Å². The second-order valence-corrected chi connectivity index (χ2v) is 6.84. The maximum atomic E-state index is 12.6. The van der Waals surface area contributed by atoms with E-state index in [-0.39, 0.29) is 12.2 Å². The fourth-order valence-corrected chi connectivity index (χ4v) is 3.14. The molecule has 4 nitrogen and oxygen atoms in total. The smallest absolute Gasteiger partial charge is 0.265 e. The molecule has 108 valence electrons. The summed E-state index contributed by atoms with van der Waals surface area (Å²) >= 11 is 1.72. The number of thioether (sulfide) groups is 1. The molecule has 5 heteroatoms. The van der Waals surface area contributed by atoms with Gasteiger partial charge in [0.25, 0.3) is 5.56 Å². The Balaban J connectivity index is 2.28. The number of hydrogen-bond donors (Lipinski definition) is 1. The van der Waals surface area contributed by atoms with E-state index < -0.39 is 0 Å². The van der Waals surface area contributed by atoms with E-state index in [1.165, 1.54) is 4.40 Å². The zero-order valence-electron chi connectivity index (χ0n) is 11.9. The van der Waals surface area contributed by atoms with Crippen LogP contribution in [0.4, 0.5) is 0 Å². The second-order valence-electron chi connectivity index (χ2n) is 5.19. The van der Waals surface area contributed by atoms with Gasteiger partial charge in [0.15, 0.2) is 0 Å². The maximum absolute atomic E-state index is 12.6. The lowest BCUT2D eigenvalue weighted by molar-refractivity contribution is 0.281. The van der Waals surface area contributed by atoms with Crippen molar-refractivity contribution in [2.45, 2.75) is 30.6 Å². The van der Waals surface area contributed by atoms with Gasteiger partial charge in [0.1, 0.15) is 5.65 Å². The molecule has 0 saturated heterocycles. The van der Waals surface area contributed by atoms with Gasteiger partial charge in [0.05, 0.1) is 17.5 Å². The van der Waals surface area contributed by atoms with Crippen LogP contribution >= 0.6 is 11.8 Å². The van der Waals surface area contributed by atoms with E-state index in [1.807, 2.05) is 18.2 Å². The van der Waals surface area contributed by atoms with E-state index in [0.29, 0.717) is 27.4 Å². The van der Waals surface area contributed by atoms with Crippen molar-refractivity contribution in [1.29, 1.82) is 0 Å². The number of rotatable bonds is 3. The molecule has 0 fully saturated rings. The Hall–Kier alpha value is -1.85. The first-order valence-electron chi connectivity index (χ1n) is 6.81. The first-order chi connectivity index (χ1) is 10.1. The average Bonchev–Trinajstić information content (AvgIpc) is 2.47. The summed E-state index contributed by atoms with van der Waals surface area (Å²) in [5, 5.41) is 10.3. The summed E-state index contributed by atoms with van der Waals surface area (Å²) in [6.07, 6.45) is 1.65. The number of nitrogens with zero attached hydrogens (tertiary/aromatic N) is 2. The first-order valence-corrected chi connectivity index (χ1v) is 7.69. The molecule has 1 N–H and O–H groups in total. The lowest BCUT2D eigenvalue weighted by Crippen LogP contribution is -2.15. The number of hydrogen-bond acceptors (Lipinski definition) is 4. The summed E-state index contributed by atoms with van der Waals surface area (Å²) in [4.78, 5) is 18.2. The van der Waals surface area contributed by atoms with Crippen LogP contribution in [0.25, 0.3) is 16.6 Å². The highest BCUT2D eigenvalue weighted by atomic mass is 32.2. The quantitative estimate of drug-likeness (QED) is 0.597. The standard InChI is InChI=1S/C16H16N2O2S/c1-10(2)21-12-4-5-14-13(7-12)16(20)18-8-11(9-19)3-6-15(18)17-14/h3-8,10,19H,9H2,1-2H3. The fourth-order valence-electron chi connectivity index (χ4n) is 2.27. The fraction of sp³-hybridized carbons (Fsp3) is 0.250. The van der Waals surface area contributed by atoms with Gasteiger partial charge in [0.2, 0.25) is 0 Å². The number of fused-ring (bicyclic) bond motifs is 2.